The summed E-state index contributed by atoms with van der Waals surface area (Å²) in [5.74, 6) is -0.237. The number of carbonyl (C=O) groups is 1. The number of ether oxygens (including phenoxy) is 1. The Kier molecular flexibility index (Phi) is 4.82. The van der Waals surface area contributed by atoms with Crippen molar-refractivity contribution in [2.45, 2.75) is 58.2 Å². The molecule has 0 unspecified atom stereocenters. The zero-order valence-corrected chi connectivity index (χ0v) is 12.8. The summed E-state index contributed by atoms with van der Waals surface area (Å²) < 4.78 is 44.8. The maximum absolute atomic E-state index is 12.9. The SMILES string of the molecule is CCOC(=O)CC1(C)CCC(n2nccc2C(F)(F)F)CC1. The molecule has 22 heavy (non-hydrogen) atoms. The summed E-state index contributed by atoms with van der Waals surface area (Å²) in [5, 5.41) is 3.85. The highest BCUT2D eigenvalue weighted by Crippen LogP contribution is 2.44. The van der Waals surface area contributed by atoms with E-state index in [2.05, 4.69) is 5.10 Å². The Balaban J connectivity index is 2.01. The van der Waals surface area contributed by atoms with E-state index in [-0.39, 0.29) is 17.4 Å². The number of halogens is 3. The van der Waals surface area contributed by atoms with Gasteiger partial charge in [0.25, 0.3) is 0 Å². The van der Waals surface area contributed by atoms with Crippen LogP contribution in [0.2, 0.25) is 0 Å². The molecule has 1 aliphatic rings. The number of rotatable bonds is 4. The monoisotopic (exact) mass is 318 g/mol. The maximum atomic E-state index is 12.9. The number of alkyl halides is 3. The molecule has 1 saturated carbocycles. The lowest BCUT2D eigenvalue weighted by Gasteiger charge is -2.37. The molecule has 1 aromatic rings. The Morgan fingerprint density at radius 3 is 2.64 bits per heavy atom. The number of carbonyl (C=O) groups excluding carboxylic acids is 1. The molecule has 0 bridgehead atoms. The van der Waals surface area contributed by atoms with Gasteiger partial charge in [-0.15, -0.1) is 0 Å². The molecular formula is C15H21F3N2O2. The molecule has 1 fully saturated rings. The highest BCUT2D eigenvalue weighted by Gasteiger charge is 2.39. The van der Waals surface area contributed by atoms with Crippen LogP contribution < -0.4 is 0 Å². The van der Waals surface area contributed by atoms with Gasteiger partial charge in [-0.3, -0.25) is 9.48 Å². The first-order chi connectivity index (χ1) is 10.2. The number of aromatic nitrogens is 2. The van der Waals surface area contributed by atoms with Crippen molar-refractivity contribution in [2.75, 3.05) is 6.61 Å². The molecule has 0 spiro atoms. The van der Waals surface area contributed by atoms with Crippen LogP contribution >= 0.6 is 0 Å². The minimum atomic E-state index is -4.39. The summed E-state index contributed by atoms with van der Waals surface area (Å²) in [6.07, 6.45) is -0.335. The summed E-state index contributed by atoms with van der Waals surface area (Å²) in [6, 6.07) is 0.744. The maximum Gasteiger partial charge on any atom is 0.433 e. The van der Waals surface area contributed by atoms with Crippen LogP contribution in [0.1, 0.15) is 57.7 Å². The van der Waals surface area contributed by atoms with Gasteiger partial charge in [-0.2, -0.15) is 18.3 Å². The zero-order chi connectivity index (χ0) is 16.4. The summed E-state index contributed by atoms with van der Waals surface area (Å²) >= 11 is 0. The van der Waals surface area contributed by atoms with Crippen LogP contribution in [0.5, 0.6) is 0 Å². The lowest BCUT2D eigenvalue weighted by atomic mass is 9.72. The van der Waals surface area contributed by atoms with Crippen LogP contribution in [0.4, 0.5) is 13.2 Å². The highest BCUT2D eigenvalue weighted by atomic mass is 19.4. The number of hydrogen-bond acceptors (Lipinski definition) is 3. The van der Waals surface area contributed by atoms with E-state index in [1.54, 1.807) is 6.92 Å². The molecular weight excluding hydrogens is 297 g/mol. The largest absolute Gasteiger partial charge is 0.466 e. The third-order valence-electron chi connectivity index (χ3n) is 4.35. The van der Waals surface area contributed by atoms with Crippen LogP contribution in [0.25, 0.3) is 0 Å². The topological polar surface area (TPSA) is 44.1 Å². The van der Waals surface area contributed by atoms with Crippen molar-refractivity contribution >= 4 is 5.97 Å². The minimum Gasteiger partial charge on any atom is -0.466 e. The van der Waals surface area contributed by atoms with E-state index in [1.165, 1.54) is 6.20 Å². The molecule has 1 heterocycles. The second-order valence-electron chi connectivity index (χ2n) is 6.18. The van der Waals surface area contributed by atoms with Gasteiger partial charge in [0.15, 0.2) is 0 Å². The summed E-state index contributed by atoms with van der Waals surface area (Å²) in [4.78, 5) is 11.6. The standard InChI is InChI=1S/C15H21F3N2O2/c1-3-22-13(21)10-14(2)7-4-11(5-8-14)20-12(6-9-19-20)15(16,17)18/h6,9,11H,3-5,7-8,10H2,1-2H3. The molecule has 1 aromatic heterocycles. The first kappa shape index (κ1) is 16.8. The normalized spacial score (nSPS) is 26.0. The molecule has 0 amide bonds. The van der Waals surface area contributed by atoms with E-state index >= 15 is 0 Å². The number of nitrogens with zero attached hydrogens (tertiary/aromatic N) is 2. The van der Waals surface area contributed by atoms with Gasteiger partial charge < -0.3 is 4.74 Å². The molecule has 124 valence electrons. The summed E-state index contributed by atoms with van der Waals surface area (Å²) in [7, 11) is 0. The Hall–Kier alpha value is -1.53. The van der Waals surface area contributed by atoms with Gasteiger partial charge in [-0.25, -0.2) is 0 Å². The average Bonchev–Trinajstić information content (AvgIpc) is 2.88. The number of esters is 1. The van der Waals surface area contributed by atoms with Gasteiger partial charge in [0.05, 0.1) is 19.1 Å². The molecule has 0 radical (unpaired) electrons. The van der Waals surface area contributed by atoms with Gasteiger partial charge >= 0.3 is 12.1 Å². The van der Waals surface area contributed by atoms with Crippen LogP contribution in [-0.4, -0.2) is 22.4 Å². The smallest absolute Gasteiger partial charge is 0.433 e. The van der Waals surface area contributed by atoms with Gasteiger partial charge in [0.2, 0.25) is 0 Å². The lowest BCUT2D eigenvalue weighted by Crippen LogP contribution is -2.30. The molecule has 0 aliphatic heterocycles. The van der Waals surface area contributed by atoms with E-state index in [4.69, 9.17) is 4.74 Å². The first-order valence-electron chi connectivity index (χ1n) is 7.51. The zero-order valence-electron chi connectivity index (χ0n) is 12.8. The van der Waals surface area contributed by atoms with Crippen molar-refractivity contribution in [1.29, 1.82) is 0 Å². The van der Waals surface area contributed by atoms with Crippen molar-refractivity contribution in [2.24, 2.45) is 5.41 Å². The third-order valence-corrected chi connectivity index (χ3v) is 4.35. The fraction of sp³-hybridized carbons (Fsp3) is 0.733. The lowest BCUT2D eigenvalue weighted by molar-refractivity contribution is -0.146. The fourth-order valence-electron chi connectivity index (χ4n) is 3.11. The Morgan fingerprint density at radius 2 is 2.09 bits per heavy atom. The van der Waals surface area contributed by atoms with Crippen LogP contribution in [0, 0.1) is 5.41 Å². The van der Waals surface area contributed by atoms with Gasteiger partial charge in [0.1, 0.15) is 5.69 Å². The fourth-order valence-corrected chi connectivity index (χ4v) is 3.11. The minimum absolute atomic E-state index is 0.200. The molecule has 1 aliphatic carbocycles. The quantitative estimate of drug-likeness (QED) is 0.789. The van der Waals surface area contributed by atoms with E-state index in [0.29, 0.717) is 38.7 Å². The van der Waals surface area contributed by atoms with E-state index in [9.17, 15) is 18.0 Å². The van der Waals surface area contributed by atoms with E-state index in [0.717, 1.165) is 10.7 Å². The van der Waals surface area contributed by atoms with E-state index in [1.807, 2.05) is 6.92 Å². The van der Waals surface area contributed by atoms with Crippen molar-refractivity contribution in [3.8, 4) is 0 Å². The average molecular weight is 318 g/mol. The van der Waals surface area contributed by atoms with Gasteiger partial charge in [0, 0.05) is 6.20 Å². The van der Waals surface area contributed by atoms with Gasteiger partial charge in [-0.1, -0.05) is 6.92 Å². The second-order valence-corrected chi connectivity index (χ2v) is 6.18. The van der Waals surface area contributed by atoms with E-state index < -0.39 is 11.9 Å². The molecule has 7 heteroatoms. The van der Waals surface area contributed by atoms with Crippen LogP contribution in [-0.2, 0) is 15.7 Å². The number of hydrogen-bond donors (Lipinski definition) is 0. The highest BCUT2D eigenvalue weighted by molar-refractivity contribution is 5.70. The van der Waals surface area contributed by atoms with Crippen LogP contribution in [0.3, 0.4) is 0 Å². The third kappa shape index (κ3) is 3.81. The second kappa shape index (κ2) is 6.30. The predicted octanol–water partition coefficient (Wildman–Crippen LogP) is 3.98. The van der Waals surface area contributed by atoms with Crippen molar-refractivity contribution < 1.29 is 22.7 Å². The van der Waals surface area contributed by atoms with Crippen molar-refractivity contribution in [3.05, 3.63) is 18.0 Å². The molecule has 0 atom stereocenters. The van der Waals surface area contributed by atoms with Crippen molar-refractivity contribution in [1.82, 2.24) is 9.78 Å². The van der Waals surface area contributed by atoms with Crippen molar-refractivity contribution in [3.63, 3.8) is 0 Å². The molecule has 2 rings (SSSR count). The Morgan fingerprint density at radius 1 is 1.45 bits per heavy atom. The Bertz CT molecular complexity index is 517. The van der Waals surface area contributed by atoms with Gasteiger partial charge in [-0.05, 0) is 44.1 Å². The van der Waals surface area contributed by atoms with Crippen LogP contribution in [0.15, 0.2) is 12.3 Å². The molecule has 0 N–H and O–H groups in total. The summed E-state index contributed by atoms with van der Waals surface area (Å²) in [5.41, 5.74) is -0.902. The first-order valence-corrected chi connectivity index (χ1v) is 7.51. The summed E-state index contributed by atoms with van der Waals surface area (Å²) in [6.45, 7) is 4.10. The molecule has 0 saturated heterocycles. The molecule has 0 aromatic carbocycles. The predicted molar refractivity (Wildman–Crippen MR) is 74.1 cm³/mol. The molecule has 4 nitrogen and oxygen atoms in total. The Labute approximate surface area is 127 Å².